The van der Waals surface area contributed by atoms with Gasteiger partial charge in [-0.25, -0.2) is 0 Å². The molecule has 0 aliphatic rings. The molecular formula is C17H28ClN. The maximum absolute atomic E-state index is 6.13. The minimum Gasteiger partial charge on any atom is -0.310 e. The number of hydrogen-bond donors (Lipinski definition) is 1. The molecule has 1 aromatic rings. The van der Waals surface area contributed by atoms with E-state index in [0.29, 0.717) is 6.04 Å². The van der Waals surface area contributed by atoms with Crippen molar-refractivity contribution in [1.82, 2.24) is 5.32 Å². The van der Waals surface area contributed by atoms with E-state index in [9.17, 15) is 0 Å². The van der Waals surface area contributed by atoms with Gasteiger partial charge in [0, 0.05) is 11.1 Å². The first kappa shape index (κ1) is 16.5. The van der Waals surface area contributed by atoms with Crippen LogP contribution in [0.5, 0.6) is 0 Å². The summed E-state index contributed by atoms with van der Waals surface area (Å²) in [6.45, 7) is 9.96. The fourth-order valence-corrected chi connectivity index (χ4v) is 2.61. The normalized spacial score (nSPS) is 12.9. The smallest absolute Gasteiger partial charge is 0.0435 e. The average molecular weight is 282 g/mol. The fraction of sp³-hybridized carbons (Fsp3) is 0.647. The highest BCUT2D eigenvalue weighted by Crippen LogP contribution is 2.27. The Kier molecular flexibility index (Phi) is 7.48. The number of benzene rings is 1. The molecule has 108 valence electrons. The lowest BCUT2D eigenvalue weighted by atomic mass is 9.90. The van der Waals surface area contributed by atoms with Crippen molar-refractivity contribution in [2.24, 2.45) is 5.92 Å². The minimum absolute atomic E-state index is 0.459. The Morgan fingerprint density at radius 3 is 2.37 bits per heavy atom. The predicted octanol–water partition coefficient (Wildman–Crippen LogP) is 5.52. The average Bonchev–Trinajstić information content (AvgIpc) is 2.42. The van der Waals surface area contributed by atoms with Crippen LogP contribution in [0.2, 0.25) is 5.02 Å². The lowest BCUT2D eigenvalue weighted by Crippen LogP contribution is -2.24. The molecule has 1 nitrogen and oxygen atoms in total. The SMILES string of the molecule is CCCNC(CC(CC)CC)c1ccc(Cl)c(C)c1. The lowest BCUT2D eigenvalue weighted by molar-refractivity contribution is 0.371. The molecule has 0 saturated heterocycles. The van der Waals surface area contributed by atoms with Gasteiger partial charge in [0.1, 0.15) is 0 Å². The van der Waals surface area contributed by atoms with Gasteiger partial charge < -0.3 is 5.32 Å². The molecule has 0 heterocycles. The lowest BCUT2D eigenvalue weighted by Gasteiger charge is -2.24. The van der Waals surface area contributed by atoms with E-state index in [1.54, 1.807) is 0 Å². The number of rotatable bonds is 8. The van der Waals surface area contributed by atoms with Crippen LogP contribution in [0, 0.1) is 12.8 Å². The van der Waals surface area contributed by atoms with E-state index in [1.165, 1.54) is 36.8 Å². The summed E-state index contributed by atoms with van der Waals surface area (Å²) in [4.78, 5) is 0. The monoisotopic (exact) mass is 281 g/mol. The summed E-state index contributed by atoms with van der Waals surface area (Å²) in [6, 6.07) is 6.89. The first-order valence-corrected chi connectivity index (χ1v) is 7.99. The van der Waals surface area contributed by atoms with Gasteiger partial charge in [0.2, 0.25) is 0 Å². The second-order valence-corrected chi connectivity index (χ2v) is 5.84. The van der Waals surface area contributed by atoms with Crippen molar-refractivity contribution in [1.29, 1.82) is 0 Å². The van der Waals surface area contributed by atoms with E-state index >= 15 is 0 Å². The first-order chi connectivity index (χ1) is 9.12. The van der Waals surface area contributed by atoms with Crippen LogP contribution < -0.4 is 5.32 Å². The van der Waals surface area contributed by atoms with Gasteiger partial charge in [-0.05, 0) is 49.4 Å². The summed E-state index contributed by atoms with van der Waals surface area (Å²) in [5, 5.41) is 4.55. The molecule has 0 aliphatic carbocycles. The van der Waals surface area contributed by atoms with E-state index in [0.717, 1.165) is 17.5 Å². The molecule has 2 heteroatoms. The van der Waals surface area contributed by atoms with Crippen LogP contribution in [0.1, 0.15) is 63.6 Å². The maximum atomic E-state index is 6.13. The van der Waals surface area contributed by atoms with Gasteiger partial charge in [0.15, 0.2) is 0 Å². The third-order valence-corrected chi connectivity index (χ3v) is 4.37. The quantitative estimate of drug-likeness (QED) is 0.662. The van der Waals surface area contributed by atoms with E-state index in [1.807, 2.05) is 6.07 Å². The molecule has 1 rings (SSSR count). The number of aryl methyl sites for hydroxylation is 1. The third kappa shape index (κ3) is 5.16. The molecular weight excluding hydrogens is 254 g/mol. The Bertz CT molecular complexity index is 372. The van der Waals surface area contributed by atoms with Crippen molar-refractivity contribution in [2.75, 3.05) is 6.54 Å². The van der Waals surface area contributed by atoms with Crippen molar-refractivity contribution >= 4 is 11.6 Å². The van der Waals surface area contributed by atoms with Crippen molar-refractivity contribution in [3.8, 4) is 0 Å². The summed E-state index contributed by atoms with van der Waals surface area (Å²) in [5.41, 5.74) is 2.55. The highest BCUT2D eigenvalue weighted by atomic mass is 35.5. The zero-order valence-corrected chi connectivity index (χ0v) is 13.6. The van der Waals surface area contributed by atoms with E-state index in [4.69, 9.17) is 11.6 Å². The highest BCUT2D eigenvalue weighted by Gasteiger charge is 2.16. The van der Waals surface area contributed by atoms with Crippen LogP contribution >= 0.6 is 11.6 Å². The van der Waals surface area contributed by atoms with Crippen LogP contribution in [0.4, 0.5) is 0 Å². The molecule has 0 aromatic heterocycles. The molecule has 0 fully saturated rings. The third-order valence-electron chi connectivity index (χ3n) is 3.95. The molecule has 0 saturated carbocycles. The van der Waals surface area contributed by atoms with Gasteiger partial charge in [-0.2, -0.15) is 0 Å². The summed E-state index contributed by atoms with van der Waals surface area (Å²) in [6.07, 6.45) is 4.90. The van der Waals surface area contributed by atoms with Crippen LogP contribution in [-0.2, 0) is 0 Å². The van der Waals surface area contributed by atoms with Crippen LogP contribution in [0.25, 0.3) is 0 Å². The van der Waals surface area contributed by atoms with Crippen LogP contribution in [0.3, 0.4) is 0 Å². The molecule has 1 unspecified atom stereocenters. The Hall–Kier alpha value is -0.530. The molecule has 0 bridgehead atoms. The Labute approximate surface area is 123 Å². The van der Waals surface area contributed by atoms with Gasteiger partial charge >= 0.3 is 0 Å². The maximum Gasteiger partial charge on any atom is 0.0435 e. The van der Waals surface area contributed by atoms with Gasteiger partial charge in [-0.1, -0.05) is 57.3 Å². The van der Waals surface area contributed by atoms with E-state index in [-0.39, 0.29) is 0 Å². The zero-order valence-electron chi connectivity index (χ0n) is 12.8. The molecule has 1 N–H and O–H groups in total. The van der Waals surface area contributed by atoms with Gasteiger partial charge in [0.05, 0.1) is 0 Å². The Balaban J connectivity index is 2.85. The summed E-state index contributed by atoms with van der Waals surface area (Å²) >= 11 is 6.13. The van der Waals surface area contributed by atoms with Crippen LogP contribution in [0.15, 0.2) is 18.2 Å². The van der Waals surface area contributed by atoms with Gasteiger partial charge in [-0.15, -0.1) is 0 Å². The van der Waals surface area contributed by atoms with Gasteiger partial charge in [-0.3, -0.25) is 0 Å². The van der Waals surface area contributed by atoms with Crippen molar-refractivity contribution in [3.63, 3.8) is 0 Å². The molecule has 0 spiro atoms. The summed E-state index contributed by atoms with van der Waals surface area (Å²) in [7, 11) is 0. The Morgan fingerprint density at radius 1 is 1.16 bits per heavy atom. The van der Waals surface area contributed by atoms with Gasteiger partial charge in [0.25, 0.3) is 0 Å². The molecule has 0 aliphatic heterocycles. The molecule has 1 atom stereocenters. The topological polar surface area (TPSA) is 12.0 Å². The zero-order chi connectivity index (χ0) is 14.3. The highest BCUT2D eigenvalue weighted by molar-refractivity contribution is 6.31. The summed E-state index contributed by atoms with van der Waals surface area (Å²) < 4.78 is 0. The number of hydrogen-bond acceptors (Lipinski definition) is 1. The molecule has 19 heavy (non-hydrogen) atoms. The van der Waals surface area contributed by atoms with E-state index < -0.39 is 0 Å². The summed E-state index contributed by atoms with van der Waals surface area (Å²) in [5.74, 6) is 0.797. The second-order valence-electron chi connectivity index (χ2n) is 5.43. The molecule has 0 amide bonds. The first-order valence-electron chi connectivity index (χ1n) is 7.61. The molecule has 1 aromatic carbocycles. The Morgan fingerprint density at radius 2 is 1.84 bits per heavy atom. The van der Waals surface area contributed by atoms with Crippen molar-refractivity contribution in [3.05, 3.63) is 34.3 Å². The van der Waals surface area contributed by atoms with Crippen molar-refractivity contribution in [2.45, 2.75) is 59.4 Å². The van der Waals surface area contributed by atoms with E-state index in [2.05, 4.69) is 45.1 Å². The second kappa shape index (κ2) is 8.60. The van der Waals surface area contributed by atoms with Crippen LogP contribution in [-0.4, -0.2) is 6.54 Å². The minimum atomic E-state index is 0.459. The molecule has 0 radical (unpaired) electrons. The fourth-order valence-electron chi connectivity index (χ4n) is 2.50. The number of halogens is 1. The predicted molar refractivity (Wildman–Crippen MR) is 85.9 cm³/mol. The largest absolute Gasteiger partial charge is 0.310 e. The van der Waals surface area contributed by atoms with Crippen molar-refractivity contribution < 1.29 is 0 Å². The standard InChI is InChI=1S/C17H28ClN/c1-5-10-19-17(12-14(6-2)7-3)15-8-9-16(18)13(4)11-15/h8-9,11,14,17,19H,5-7,10,12H2,1-4H3. The number of nitrogens with one attached hydrogen (secondary N) is 1.